The molecule has 2 nitrogen and oxygen atoms in total. The van der Waals surface area contributed by atoms with Crippen molar-refractivity contribution in [2.75, 3.05) is 0 Å². The fraction of sp³-hybridized carbons (Fsp3) is 0.533. The highest BCUT2D eigenvalue weighted by atomic mass is 35.5. The van der Waals surface area contributed by atoms with Gasteiger partial charge in [0.1, 0.15) is 0 Å². The Balaban J connectivity index is 2.40. The highest BCUT2D eigenvalue weighted by molar-refractivity contribution is 6.31. The third kappa shape index (κ3) is 5.54. The third-order valence-corrected chi connectivity index (χ3v) is 3.26. The zero-order valence-electron chi connectivity index (χ0n) is 11.4. The van der Waals surface area contributed by atoms with E-state index in [1.165, 1.54) is 0 Å². The lowest BCUT2D eigenvalue weighted by atomic mass is 10.0. The molecule has 0 aliphatic rings. The van der Waals surface area contributed by atoms with Gasteiger partial charge in [0.25, 0.3) is 0 Å². The number of hydrogen-bond acceptors (Lipinski definition) is 1. The second-order valence-electron chi connectivity index (χ2n) is 5.21. The van der Waals surface area contributed by atoms with E-state index in [2.05, 4.69) is 19.2 Å². The van der Waals surface area contributed by atoms with E-state index in [1.54, 1.807) is 0 Å². The number of nitrogens with one attached hydrogen (secondary N) is 1. The molecule has 0 spiro atoms. The minimum absolute atomic E-state index is 0.0411. The molecule has 1 amide bonds. The highest BCUT2D eigenvalue weighted by Crippen LogP contribution is 2.15. The number of carbonyl (C=O) groups is 1. The number of halogens is 1. The number of benzene rings is 1. The van der Waals surface area contributed by atoms with E-state index < -0.39 is 0 Å². The fourth-order valence-corrected chi connectivity index (χ4v) is 2.00. The Kier molecular flexibility index (Phi) is 6.20. The Morgan fingerprint density at radius 2 is 1.89 bits per heavy atom. The van der Waals surface area contributed by atoms with E-state index in [0.717, 1.165) is 18.4 Å². The Morgan fingerprint density at radius 3 is 2.50 bits per heavy atom. The van der Waals surface area contributed by atoms with Crippen LogP contribution in [0.15, 0.2) is 24.3 Å². The van der Waals surface area contributed by atoms with Crippen molar-refractivity contribution in [1.29, 1.82) is 0 Å². The van der Waals surface area contributed by atoms with E-state index in [0.29, 0.717) is 17.4 Å². The van der Waals surface area contributed by atoms with E-state index in [1.807, 2.05) is 31.2 Å². The maximum absolute atomic E-state index is 11.9. The van der Waals surface area contributed by atoms with Gasteiger partial charge in [0, 0.05) is 11.1 Å². The van der Waals surface area contributed by atoms with Crippen LogP contribution in [0.25, 0.3) is 0 Å². The molecule has 1 aromatic rings. The monoisotopic (exact) mass is 267 g/mol. The Bertz CT molecular complexity index is 390. The molecule has 1 N–H and O–H groups in total. The normalized spacial score (nSPS) is 12.5. The molecule has 3 heteroatoms. The van der Waals surface area contributed by atoms with E-state index in [4.69, 9.17) is 11.6 Å². The van der Waals surface area contributed by atoms with Crippen molar-refractivity contribution in [2.24, 2.45) is 5.92 Å². The molecular formula is C15H22ClNO. The van der Waals surface area contributed by atoms with Gasteiger partial charge >= 0.3 is 0 Å². The maximum Gasteiger partial charge on any atom is 0.224 e. The number of carbonyl (C=O) groups excluding carboxylic acids is 1. The average molecular weight is 268 g/mol. The van der Waals surface area contributed by atoms with Gasteiger partial charge < -0.3 is 5.32 Å². The number of amides is 1. The molecule has 0 aromatic heterocycles. The smallest absolute Gasteiger partial charge is 0.224 e. The lowest BCUT2D eigenvalue weighted by molar-refractivity contribution is -0.121. The average Bonchev–Trinajstić information content (AvgIpc) is 2.29. The standard InChI is InChI=1S/C15H22ClNO/c1-11(2)8-9-12(3)17-15(18)10-13-6-4-5-7-14(13)16/h4-7,11-12H,8-10H2,1-3H3,(H,17,18). The van der Waals surface area contributed by atoms with Crippen molar-refractivity contribution < 1.29 is 4.79 Å². The van der Waals surface area contributed by atoms with Crippen LogP contribution in [0.4, 0.5) is 0 Å². The summed E-state index contributed by atoms with van der Waals surface area (Å²) in [5.41, 5.74) is 0.882. The SMILES string of the molecule is CC(C)CCC(C)NC(=O)Cc1ccccc1Cl. The molecule has 1 rings (SSSR count). The molecule has 0 radical (unpaired) electrons. The summed E-state index contributed by atoms with van der Waals surface area (Å²) in [6.07, 6.45) is 2.51. The topological polar surface area (TPSA) is 29.1 Å². The van der Waals surface area contributed by atoms with Crippen LogP contribution in [0.5, 0.6) is 0 Å². The first kappa shape index (κ1) is 15.0. The summed E-state index contributed by atoms with van der Waals surface area (Å²) >= 11 is 6.03. The number of hydrogen-bond donors (Lipinski definition) is 1. The van der Waals surface area contributed by atoms with Gasteiger partial charge in [0.15, 0.2) is 0 Å². The van der Waals surface area contributed by atoms with Gasteiger partial charge in [-0.05, 0) is 37.3 Å². The predicted octanol–water partition coefficient (Wildman–Crippen LogP) is 3.82. The van der Waals surface area contributed by atoms with Crippen molar-refractivity contribution in [1.82, 2.24) is 5.32 Å². The van der Waals surface area contributed by atoms with Crippen molar-refractivity contribution in [3.63, 3.8) is 0 Å². The lowest BCUT2D eigenvalue weighted by Crippen LogP contribution is -2.33. The van der Waals surface area contributed by atoms with Gasteiger partial charge in [-0.25, -0.2) is 0 Å². The summed E-state index contributed by atoms with van der Waals surface area (Å²) in [7, 11) is 0. The van der Waals surface area contributed by atoms with Crippen molar-refractivity contribution in [3.8, 4) is 0 Å². The molecule has 1 unspecified atom stereocenters. The van der Waals surface area contributed by atoms with Crippen LogP contribution >= 0.6 is 11.6 Å². The zero-order valence-corrected chi connectivity index (χ0v) is 12.1. The molecule has 1 aromatic carbocycles. The van der Waals surface area contributed by atoms with E-state index in [9.17, 15) is 4.79 Å². The largest absolute Gasteiger partial charge is 0.353 e. The highest BCUT2D eigenvalue weighted by Gasteiger charge is 2.10. The minimum atomic E-state index is 0.0411. The number of rotatable bonds is 6. The second kappa shape index (κ2) is 7.42. The van der Waals surface area contributed by atoms with Crippen molar-refractivity contribution in [3.05, 3.63) is 34.9 Å². The summed E-state index contributed by atoms with van der Waals surface area (Å²) in [5.74, 6) is 0.715. The van der Waals surface area contributed by atoms with E-state index in [-0.39, 0.29) is 11.9 Å². The van der Waals surface area contributed by atoms with Crippen LogP contribution in [-0.4, -0.2) is 11.9 Å². The zero-order chi connectivity index (χ0) is 13.5. The molecule has 0 aliphatic carbocycles. The molecular weight excluding hydrogens is 246 g/mol. The quantitative estimate of drug-likeness (QED) is 0.834. The minimum Gasteiger partial charge on any atom is -0.353 e. The first-order valence-corrected chi connectivity index (χ1v) is 6.89. The molecule has 18 heavy (non-hydrogen) atoms. The first-order valence-electron chi connectivity index (χ1n) is 6.51. The van der Waals surface area contributed by atoms with Crippen LogP contribution in [-0.2, 0) is 11.2 Å². The molecule has 1 atom stereocenters. The molecule has 0 saturated carbocycles. The van der Waals surface area contributed by atoms with Crippen LogP contribution in [0.3, 0.4) is 0 Å². The van der Waals surface area contributed by atoms with Gasteiger partial charge in [0.2, 0.25) is 5.91 Å². The Morgan fingerprint density at radius 1 is 1.22 bits per heavy atom. The summed E-state index contributed by atoms with van der Waals surface area (Å²) in [6, 6.07) is 7.70. The molecule has 0 heterocycles. The summed E-state index contributed by atoms with van der Waals surface area (Å²) in [4.78, 5) is 11.9. The first-order chi connectivity index (χ1) is 8.49. The molecule has 0 bridgehead atoms. The van der Waals surface area contributed by atoms with Crippen LogP contribution in [0.2, 0.25) is 5.02 Å². The third-order valence-electron chi connectivity index (χ3n) is 2.89. The molecule has 0 aliphatic heterocycles. The van der Waals surface area contributed by atoms with Crippen molar-refractivity contribution >= 4 is 17.5 Å². The van der Waals surface area contributed by atoms with Crippen LogP contribution < -0.4 is 5.32 Å². The van der Waals surface area contributed by atoms with Crippen LogP contribution in [0, 0.1) is 5.92 Å². The van der Waals surface area contributed by atoms with Gasteiger partial charge in [-0.1, -0.05) is 43.6 Å². The van der Waals surface area contributed by atoms with Gasteiger partial charge in [0.05, 0.1) is 6.42 Å². The van der Waals surface area contributed by atoms with Crippen molar-refractivity contribution in [2.45, 2.75) is 46.1 Å². The summed E-state index contributed by atoms with van der Waals surface area (Å²) in [5, 5.41) is 3.67. The summed E-state index contributed by atoms with van der Waals surface area (Å²) in [6.45, 7) is 6.43. The van der Waals surface area contributed by atoms with Crippen LogP contribution in [0.1, 0.15) is 39.2 Å². The lowest BCUT2D eigenvalue weighted by Gasteiger charge is -2.15. The van der Waals surface area contributed by atoms with E-state index >= 15 is 0 Å². The molecule has 0 saturated heterocycles. The fourth-order valence-electron chi connectivity index (χ4n) is 1.80. The van der Waals surface area contributed by atoms with Gasteiger partial charge in [-0.3, -0.25) is 4.79 Å². The van der Waals surface area contributed by atoms with Gasteiger partial charge in [-0.15, -0.1) is 0 Å². The Labute approximate surface area is 115 Å². The van der Waals surface area contributed by atoms with Gasteiger partial charge in [-0.2, -0.15) is 0 Å². The predicted molar refractivity (Wildman–Crippen MR) is 76.8 cm³/mol. The second-order valence-corrected chi connectivity index (χ2v) is 5.62. The Hall–Kier alpha value is -1.02. The maximum atomic E-state index is 11.9. The summed E-state index contributed by atoms with van der Waals surface area (Å²) < 4.78 is 0. The molecule has 0 fully saturated rings. The molecule has 100 valence electrons.